The molecule has 1 fully saturated rings. The van der Waals surface area contributed by atoms with Crippen LogP contribution >= 0.6 is 0 Å². The van der Waals surface area contributed by atoms with E-state index in [9.17, 15) is 18.0 Å². The third-order valence-electron chi connectivity index (χ3n) is 3.56. The number of nitrogens with one attached hydrogen (secondary N) is 1. The molecule has 2 atom stereocenters. The Hall–Kier alpha value is -1.15. The van der Waals surface area contributed by atoms with E-state index in [-0.39, 0.29) is 6.04 Å². The lowest BCUT2D eigenvalue weighted by atomic mass is 10.1. The van der Waals surface area contributed by atoms with E-state index in [4.69, 9.17) is 5.11 Å². The minimum Gasteiger partial charge on any atom is -0.481 e. The third-order valence-corrected chi connectivity index (χ3v) is 5.49. The number of hydrogen-bond donors (Lipinski definition) is 2. The third kappa shape index (κ3) is 4.45. The summed E-state index contributed by atoms with van der Waals surface area (Å²) in [4.78, 5) is 22.6. The first-order valence-electron chi connectivity index (χ1n) is 6.80. The molecule has 0 unspecified atom stereocenters. The molecule has 0 aromatic rings. The first kappa shape index (κ1) is 16.9. The average Bonchev–Trinajstić information content (AvgIpc) is 2.77. The largest absolute Gasteiger partial charge is 0.481 e. The molecule has 0 bridgehead atoms. The highest BCUT2D eigenvalue weighted by Crippen LogP contribution is 2.25. The maximum Gasteiger partial charge on any atom is 0.306 e. The Balaban J connectivity index is 2.51. The van der Waals surface area contributed by atoms with Gasteiger partial charge in [0.1, 0.15) is 5.75 Å². The number of carboxylic acid groups (broad SMARTS) is 1. The second-order valence-corrected chi connectivity index (χ2v) is 6.92. The van der Waals surface area contributed by atoms with Gasteiger partial charge in [-0.25, -0.2) is 12.7 Å². The van der Waals surface area contributed by atoms with Crippen LogP contribution in [0.15, 0.2) is 0 Å². The normalized spacial score (nSPS) is 22.9. The number of carbonyl (C=O) groups excluding carboxylic acids is 1. The highest BCUT2D eigenvalue weighted by molar-refractivity contribution is 7.89. The summed E-state index contributed by atoms with van der Waals surface area (Å²) in [5.74, 6) is -2.45. The minimum absolute atomic E-state index is 0.240. The van der Waals surface area contributed by atoms with E-state index < -0.39 is 33.6 Å². The van der Waals surface area contributed by atoms with Gasteiger partial charge in [0.2, 0.25) is 15.9 Å². The molecule has 116 valence electrons. The van der Waals surface area contributed by atoms with E-state index in [1.807, 2.05) is 0 Å². The SMILES string of the molecule is CCN(CC)S(=O)(=O)CC(=O)N[C@H]1CC[C@@H](C(=O)O)C1. The molecule has 1 aliphatic carbocycles. The number of aliphatic carboxylic acids is 1. The van der Waals surface area contributed by atoms with E-state index in [0.29, 0.717) is 32.4 Å². The van der Waals surface area contributed by atoms with Crippen LogP contribution in [-0.2, 0) is 19.6 Å². The second kappa shape index (κ2) is 7.03. The van der Waals surface area contributed by atoms with Crippen LogP contribution in [0.2, 0.25) is 0 Å². The van der Waals surface area contributed by atoms with Crippen molar-refractivity contribution >= 4 is 21.9 Å². The van der Waals surface area contributed by atoms with Crippen LogP contribution in [0.1, 0.15) is 33.1 Å². The Morgan fingerprint density at radius 2 is 1.85 bits per heavy atom. The zero-order valence-corrected chi connectivity index (χ0v) is 12.6. The molecule has 0 saturated heterocycles. The highest BCUT2D eigenvalue weighted by atomic mass is 32.2. The van der Waals surface area contributed by atoms with Crippen molar-refractivity contribution in [1.82, 2.24) is 9.62 Å². The van der Waals surface area contributed by atoms with Gasteiger partial charge in [-0.2, -0.15) is 0 Å². The molecule has 0 spiro atoms. The van der Waals surface area contributed by atoms with Gasteiger partial charge < -0.3 is 10.4 Å². The van der Waals surface area contributed by atoms with Crippen LogP contribution < -0.4 is 5.32 Å². The van der Waals surface area contributed by atoms with Crippen molar-refractivity contribution in [2.45, 2.75) is 39.2 Å². The molecule has 0 aliphatic heterocycles. The molecule has 7 nitrogen and oxygen atoms in total. The number of amides is 1. The molecular weight excluding hydrogens is 284 g/mol. The van der Waals surface area contributed by atoms with Gasteiger partial charge in [-0.3, -0.25) is 9.59 Å². The second-order valence-electron chi connectivity index (χ2n) is 4.95. The molecular formula is C12H22N2O5S. The Morgan fingerprint density at radius 3 is 2.30 bits per heavy atom. The summed E-state index contributed by atoms with van der Waals surface area (Å²) in [6.07, 6.45) is 1.46. The topological polar surface area (TPSA) is 104 Å². The first-order chi connectivity index (χ1) is 9.30. The van der Waals surface area contributed by atoms with Crippen LogP contribution in [0.4, 0.5) is 0 Å². The van der Waals surface area contributed by atoms with E-state index in [1.54, 1.807) is 13.8 Å². The molecule has 1 rings (SSSR count). The van der Waals surface area contributed by atoms with Crippen molar-refractivity contribution in [2.24, 2.45) is 5.92 Å². The van der Waals surface area contributed by atoms with Crippen molar-refractivity contribution in [2.75, 3.05) is 18.8 Å². The van der Waals surface area contributed by atoms with Gasteiger partial charge in [0.05, 0.1) is 5.92 Å². The quantitative estimate of drug-likeness (QED) is 0.690. The van der Waals surface area contributed by atoms with E-state index in [2.05, 4.69) is 5.32 Å². The molecule has 20 heavy (non-hydrogen) atoms. The number of carbonyl (C=O) groups is 2. The first-order valence-corrected chi connectivity index (χ1v) is 8.41. The van der Waals surface area contributed by atoms with Crippen LogP contribution in [0.5, 0.6) is 0 Å². The number of carboxylic acids is 1. The van der Waals surface area contributed by atoms with E-state index >= 15 is 0 Å². The van der Waals surface area contributed by atoms with Crippen molar-refractivity contribution in [3.8, 4) is 0 Å². The summed E-state index contributed by atoms with van der Waals surface area (Å²) >= 11 is 0. The van der Waals surface area contributed by atoms with Gasteiger partial charge in [0.15, 0.2) is 0 Å². The van der Waals surface area contributed by atoms with Crippen molar-refractivity contribution in [3.63, 3.8) is 0 Å². The molecule has 2 N–H and O–H groups in total. The van der Waals surface area contributed by atoms with Crippen molar-refractivity contribution < 1.29 is 23.1 Å². The molecule has 0 aromatic heterocycles. The summed E-state index contributed by atoms with van der Waals surface area (Å²) in [5.41, 5.74) is 0. The lowest BCUT2D eigenvalue weighted by molar-refractivity contribution is -0.141. The van der Waals surface area contributed by atoms with Crippen LogP contribution in [0, 0.1) is 5.92 Å². The maximum absolute atomic E-state index is 11.9. The maximum atomic E-state index is 11.9. The van der Waals surface area contributed by atoms with Gasteiger partial charge in [-0.1, -0.05) is 13.8 Å². The molecule has 0 radical (unpaired) electrons. The van der Waals surface area contributed by atoms with E-state index in [1.165, 1.54) is 4.31 Å². The lowest BCUT2D eigenvalue weighted by Gasteiger charge is -2.19. The lowest BCUT2D eigenvalue weighted by Crippen LogP contribution is -2.42. The summed E-state index contributed by atoms with van der Waals surface area (Å²) in [5, 5.41) is 11.5. The molecule has 8 heteroatoms. The van der Waals surface area contributed by atoms with Gasteiger partial charge in [0, 0.05) is 19.1 Å². The summed E-state index contributed by atoms with van der Waals surface area (Å²) in [6, 6.07) is -0.240. The zero-order chi connectivity index (χ0) is 15.3. The van der Waals surface area contributed by atoms with Crippen molar-refractivity contribution in [1.29, 1.82) is 0 Å². The summed E-state index contributed by atoms with van der Waals surface area (Å²) in [6.45, 7) is 4.09. The fourth-order valence-corrected chi connectivity index (χ4v) is 3.86. The number of rotatable bonds is 7. The highest BCUT2D eigenvalue weighted by Gasteiger charge is 2.31. The number of hydrogen-bond acceptors (Lipinski definition) is 4. The minimum atomic E-state index is -3.59. The van der Waals surface area contributed by atoms with Crippen molar-refractivity contribution in [3.05, 3.63) is 0 Å². The fourth-order valence-electron chi connectivity index (χ4n) is 2.48. The predicted octanol–water partition coefficient (Wildman–Crippen LogP) is 0.0275. The molecule has 1 saturated carbocycles. The zero-order valence-electron chi connectivity index (χ0n) is 11.8. The summed E-state index contributed by atoms with van der Waals surface area (Å²) < 4.78 is 25.1. The Morgan fingerprint density at radius 1 is 1.25 bits per heavy atom. The van der Waals surface area contributed by atoms with Gasteiger partial charge >= 0.3 is 5.97 Å². The van der Waals surface area contributed by atoms with Gasteiger partial charge in [-0.15, -0.1) is 0 Å². The standard InChI is InChI=1S/C12H22N2O5S/c1-3-14(4-2)20(18,19)8-11(15)13-10-6-5-9(7-10)12(16)17/h9-10H,3-8H2,1-2H3,(H,13,15)(H,16,17)/t9-,10+/m1/s1. The van der Waals surface area contributed by atoms with Crippen LogP contribution in [0.25, 0.3) is 0 Å². The monoisotopic (exact) mass is 306 g/mol. The van der Waals surface area contributed by atoms with Gasteiger partial charge in [0.25, 0.3) is 0 Å². The van der Waals surface area contributed by atoms with E-state index in [0.717, 1.165) is 0 Å². The van der Waals surface area contributed by atoms with Gasteiger partial charge in [-0.05, 0) is 19.3 Å². The Kier molecular flexibility index (Phi) is 5.94. The number of sulfonamides is 1. The summed E-state index contributed by atoms with van der Waals surface area (Å²) in [7, 11) is -3.59. The van der Waals surface area contributed by atoms with Crippen LogP contribution in [0.3, 0.4) is 0 Å². The molecule has 0 aromatic carbocycles. The Bertz CT molecular complexity index is 458. The number of nitrogens with zero attached hydrogens (tertiary/aromatic N) is 1. The smallest absolute Gasteiger partial charge is 0.306 e. The van der Waals surface area contributed by atoms with Crippen LogP contribution in [-0.4, -0.2) is 54.6 Å². The molecule has 1 aliphatic rings. The Labute approximate surface area is 119 Å². The molecule has 1 amide bonds. The molecule has 0 heterocycles. The average molecular weight is 306 g/mol. The predicted molar refractivity (Wildman–Crippen MR) is 73.6 cm³/mol. The fraction of sp³-hybridized carbons (Fsp3) is 0.833.